The SMILES string of the molecule is CC1(C)c2cc3c(cc2Cc2cc4c5cc(-c6ccc7c(c6)-c6ccccc6C7[n+]6ccccc6)ccc5n(-c5ccccc5)c4cc21)c1ccccc1n3-c1cccc(-c2ccccc2)c1. The smallest absolute Gasteiger partial charge is 0.210 e. The third-order valence-corrected chi connectivity index (χ3v) is 15.1. The topological polar surface area (TPSA) is 13.7 Å². The predicted octanol–water partition coefficient (Wildman–Crippen LogP) is 15.4. The van der Waals surface area contributed by atoms with Gasteiger partial charge >= 0.3 is 0 Å². The fourth-order valence-corrected chi connectivity index (χ4v) is 12.0. The van der Waals surface area contributed by atoms with Crippen molar-refractivity contribution in [1.29, 1.82) is 0 Å². The van der Waals surface area contributed by atoms with Crippen molar-refractivity contribution in [2.24, 2.45) is 0 Å². The van der Waals surface area contributed by atoms with E-state index in [2.05, 4.69) is 252 Å². The van der Waals surface area contributed by atoms with Gasteiger partial charge in [0.05, 0.1) is 22.1 Å². The Labute approximate surface area is 390 Å². The highest BCUT2D eigenvalue weighted by molar-refractivity contribution is 6.12. The molecule has 0 fully saturated rings. The van der Waals surface area contributed by atoms with Gasteiger partial charge in [0, 0.05) is 61.6 Å². The van der Waals surface area contributed by atoms with E-state index in [-0.39, 0.29) is 11.5 Å². The maximum atomic E-state index is 2.53. The van der Waals surface area contributed by atoms with Crippen molar-refractivity contribution < 1.29 is 4.57 Å². The Bertz CT molecular complexity index is 3970. The van der Waals surface area contributed by atoms with Crippen LogP contribution in [0.15, 0.2) is 225 Å². The molecule has 1 unspecified atom stereocenters. The van der Waals surface area contributed by atoms with Gasteiger partial charge in [-0.05, 0) is 135 Å². The molecule has 2 aliphatic rings. The van der Waals surface area contributed by atoms with E-state index in [1.54, 1.807) is 0 Å². The zero-order valence-corrected chi connectivity index (χ0v) is 37.5. The maximum absolute atomic E-state index is 2.53. The van der Waals surface area contributed by atoms with Crippen molar-refractivity contribution in [2.75, 3.05) is 0 Å². The van der Waals surface area contributed by atoms with Crippen LogP contribution in [0.25, 0.3) is 88.4 Å². The minimum absolute atomic E-state index is 0.153. The molecule has 3 nitrogen and oxygen atoms in total. The number of hydrogen-bond acceptors (Lipinski definition) is 0. The molecule has 14 rings (SSSR count). The van der Waals surface area contributed by atoms with Crippen LogP contribution in [0.2, 0.25) is 0 Å². The number of hydrogen-bond donors (Lipinski definition) is 0. The molecule has 0 spiro atoms. The molecule has 0 N–H and O–H groups in total. The lowest BCUT2D eigenvalue weighted by Gasteiger charge is -2.35. The van der Waals surface area contributed by atoms with Crippen LogP contribution in [0.4, 0.5) is 0 Å². The van der Waals surface area contributed by atoms with Crippen molar-refractivity contribution in [3.05, 3.63) is 258 Å². The second-order valence-corrected chi connectivity index (χ2v) is 19.1. The van der Waals surface area contributed by atoms with E-state index in [1.807, 2.05) is 0 Å². The minimum Gasteiger partial charge on any atom is -0.309 e. The molecule has 3 aromatic heterocycles. The van der Waals surface area contributed by atoms with Gasteiger partial charge in [0.2, 0.25) is 6.04 Å². The molecule has 3 heteroatoms. The molecule has 67 heavy (non-hydrogen) atoms. The molecule has 0 amide bonds. The Kier molecular flexibility index (Phi) is 8.16. The number of fused-ring (bicyclic) bond motifs is 11. The van der Waals surface area contributed by atoms with Gasteiger partial charge in [0.15, 0.2) is 12.4 Å². The van der Waals surface area contributed by atoms with Crippen molar-refractivity contribution in [1.82, 2.24) is 9.13 Å². The van der Waals surface area contributed by atoms with Crippen LogP contribution in [0.3, 0.4) is 0 Å². The van der Waals surface area contributed by atoms with Crippen LogP contribution in [-0.4, -0.2) is 9.13 Å². The summed E-state index contributed by atoms with van der Waals surface area (Å²) in [5, 5.41) is 5.16. The van der Waals surface area contributed by atoms with Gasteiger partial charge in [-0.3, -0.25) is 0 Å². The lowest BCUT2D eigenvalue weighted by molar-refractivity contribution is -0.704. The zero-order chi connectivity index (χ0) is 44.4. The number of benzene rings is 9. The fourth-order valence-electron chi connectivity index (χ4n) is 12.0. The minimum atomic E-state index is -0.252. The highest BCUT2D eigenvalue weighted by Gasteiger charge is 2.37. The first-order valence-electron chi connectivity index (χ1n) is 23.6. The second kappa shape index (κ2) is 14.4. The van der Waals surface area contributed by atoms with Crippen LogP contribution in [0.1, 0.15) is 53.3 Å². The zero-order valence-electron chi connectivity index (χ0n) is 37.5. The number of para-hydroxylation sites is 2. The molecule has 12 aromatic rings. The normalized spacial score (nSPS) is 14.6. The molecule has 0 saturated carbocycles. The Hall–Kier alpha value is -8.27. The van der Waals surface area contributed by atoms with Crippen LogP contribution in [-0.2, 0) is 11.8 Å². The Morgan fingerprint density at radius 3 is 1.73 bits per heavy atom. The maximum Gasteiger partial charge on any atom is 0.210 e. The summed E-state index contributed by atoms with van der Waals surface area (Å²) in [6.07, 6.45) is 5.25. The summed E-state index contributed by atoms with van der Waals surface area (Å²) < 4.78 is 7.31. The Morgan fingerprint density at radius 2 is 0.940 bits per heavy atom. The first-order chi connectivity index (χ1) is 33.0. The number of aromatic nitrogens is 3. The standard InChI is InChI=1S/C64H46N3/c1-64(2)57-39-61-54(50-24-12-13-26-59(50)67(61)48-22-16-19-42(34-48)41-17-6-3-7-18-41)37-45(57)33-46-38-56-55-36-44(28-30-60(55)66(62(56)40-58(46)64)47-20-8-4-9-21-47)43-27-29-52-53(35-43)49-23-10-11-25-51(49)63(52)65-31-14-5-15-32-65/h3-32,34-40,63H,33H2,1-2H3/q+1. The lowest BCUT2D eigenvalue weighted by Crippen LogP contribution is -2.38. The van der Waals surface area contributed by atoms with E-state index in [9.17, 15) is 0 Å². The molecule has 0 bridgehead atoms. The monoisotopic (exact) mass is 856 g/mol. The molecule has 9 aromatic carbocycles. The predicted molar refractivity (Wildman–Crippen MR) is 277 cm³/mol. The fraction of sp³-hybridized carbons (Fsp3) is 0.0781. The van der Waals surface area contributed by atoms with E-state index < -0.39 is 0 Å². The largest absolute Gasteiger partial charge is 0.309 e. The van der Waals surface area contributed by atoms with Gasteiger partial charge in [0.1, 0.15) is 0 Å². The molecular weight excluding hydrogens is 811 g/mol. The highest BCUT2D eigenvalue weighted by atomic mass is 15.0. The number of nitrogens with zero attached hydrogens (tertiary/aromatic N) is 3. The summed E-state index contributed by atoms with van der Waals surface area (Å²) in [5.41, 5.74) is 22.9. The van der Waals surface area contributed by atoms with E-state index in [4.69, 9.17) is 0 Å². The molecule has 2 aliphatic carbocycles. The average Bonchev–Trinajstić information content (AvgIpc) is 4.01. The summed E-state index contributed by atoms with van der Waals surface area (Å²) in [5.74, 6) is 0. The van der Waals surface area contributed by atoms with Crippen LogP contribution < -0.4 is 4.57 Å². The van der Waals surface area contributed by atoms with E-state index >= 15 is 0 Å². The lowest BCUT2D eigenvalue weighted by atomic mass is 9.68. The molecule has 1 atom stereocenters. The molecular formula is C64H46N3+. The Morgan fingerprint density at radius 1 is 0.388 bits per heavy atom. The third kappa shape index (κ3) is 5.68. The van der Waals surface area contributed by atoms with Crippen molar-refractivity contribution >= 4 is 43.6 Å². The Balaban J connectivity index is 0.936. The van der Waals surface area contributed by atoms with Gasteiger partial charge in [-0.1, -0.05) is 141 Å². The average molecular weight is 857 g/mol. The van der Waals surface area contributed by atoms with Crippen molar-refractivity contribution in [2.45, 2.75) is 31.7 Å². The summed E-state index contributed by atoms with van der Waals surface area (Å²) in [6.45, 7) is 4.87. The van der Waals surface area contributed by atoms with Gasteiger partial charge in [-0.15, -0.1) is 0 Å². The van der Waals surface area contributed by atoms with Crippen molar-refractivity contribution in [3.8, 4) is 44.8 Å². The number of rotatable bonds is 5. The third-order valence-electron chi connectivity index (χ3n) is 15.1. The molecule has 0 saturated heterocycles. The van der Waals surface area contributed by atoms with E-state index in [0.29, 0.717) is 0 Å². The summed E-state index contributed by atoms with van der Waals surface area (Å²) in [4.78, 5) is 0. The second-order valence-electron chi connectivity index (χ2n) is 19.1. The highest BCUT2D eigenvalue weighted by Crippen LogP contribution is 2.49. The molecule has 316 valence electrons. The van der Waals surface area contributed by atoms with Gasteiger partial charge < -0.3 is 9.13 Å². The number of pyridine rings is 1. The summed E-state index contributed by atoms with van der Waals surface area (Å²) in [6, 6.07) is 79.3. The summed E-state index contributed by atoms with van der Waals surface area (Å²) >= 11 is 0. The van der Waals surface area contributed by atoms with E-state index in [0.717, 1.165) is 6.42 Å². The van der Waals surface area contributed by atoms with Crippen LogP contribution in [0, 0.1) is 0 Å². The molecule has 3 heterocycles. The van der Waals surface area contributed by atoms with Crippen LogP contribution in [0.5, 0.6) is 0 Å². The van der Waals surface area contributed by atoms with Gasteiger partial charge in [0.25, 0.3) is 0 Å². The molecule has 0 radical (unpaired) electrons. The molecule has 0 aliphatic heterocycles. The first-order valence-corrected chi connectivity index (χ1v) is 23.6. The van der Waals surface area contributed by atoms with E-state index in [1.165, 1.54) is 122 Å². The quantitative estimate of drug-likeness (QED) is 0.153. The summed E-state index contributed by atoms with van der Waals surface area (Å²) in [7, 11) is 0. The van der Waals surface area contributed by atoms with Gasteiger partial charge in [-0.25, -0.2) is 0 Å². The van der Waals surface area contributed by atoms with Crippen molar-refractivity contribution in [3.63, 3.8) is 0 Å². The van der Waals surface area contributed by atoms with Crippen LogP contribution >= 0.6 is 0 Å². The first kappa shape index (κ1) is 38.0. The van der Waals surface area contributed by atoms with Gasteiger partial charge in [-0.2, -0.15) is 4.57 Å².